The van der Waals surface area contributed by atoms with Gasteiger partial charge in [0.15, 0.2) is 21.4 Å². The zero-order valence-corrected chi connectivity index (χ0v) is 35.9. The molecule has 24 heteroatoms. The number of sulfone groups is 1. The summed E-state index contributed by atoms with van der Waals surface area (Å²) in [6, 6.07) is 10.6. The highest BCUT2D eigenvalue weighted by atomic mass is 35.5. The quantitative estimate of drug-likeness (QED) is 0.0403. The minimum absolute atomic E-state index is 0.0111. The number of carboxylic acids is 1. The van der Waals surface area contributed by atoms with E-state index in [0.29, 0.717) is 22.2 Å². The summed E-state index contributed by atoms with van der Waals surface area (Å²) < 4.78 is 87.2. The molecule has 4 aromatic rings. The van der Waals surface area contributed by atoms with Crippen LogP contribution in [0.3, 0.4) is 0 Å². The minimum atomic E-state index is -4.52. The van der Waals surface area contributed by atoms with E-state index in [1.54, 1.807) is 6.92 Å². The molecule has 1 aliphatic rings. The number of carboxylic acid groups (broad SMARTS) is 1. The van der Waals surface area contributed by atoms with Gasteiger partial charge in [-0.05, 0) is 73.1 Å². The Kier molecular flexibility index (Phi) is 19.3. The number of hydrogen-bond donors (Lipinski definition) is 3. The number of alkyl halides is 3. The van der Waals surface area contributed by atoms with Crippen LogP contribution in [-0.2, 0) is 36.3 Å². The van der Waals surface area contributed by atoms with Crippen LogP contribution in [0.15, 0.2) is 70.2 Å². The predicted octanol–water partition coefficient (Wildman–Crippen LogP) is 6.96. The molecule has 324 valence electrons. The van der Waals surface area contributed by atoms with Crippen LogP contribution in [-0.4, -0.2) is 84.7 Å². The van der Waals surface area contributed by atoms with Gasteiger partial charge in [-0.2, -0.15) is 13.2 Å². The van der Waals surface area contributed by atoms with Crippen molar-refractivity contribution in [2.75, 3.05) is 44.5 Å². The van der Waals surface area contributed by atoms with Crippen molar-refractivity contribution >= 4 is 69.0 Å². The molecule has 1 heterocycles. The third-order valence-corrected chi connectivity index (χ3v) is 9.17. The molecule has 0 radical (unpaired) electrons. The first-order valence-electron chi connectivity index (χ1n) is 16.6. The molecular weight excluding hydrogens is 893 g/mol. The van der Waals surface area contributed by atoms with E-state index in [1.165, 1.54) is 42.6 Å². The molecule has 0 saturated heterocycles. The SMILES string of the molecule is CCOc1cc(Oc2ccc(C(F)(F)F)cc2Cl)ccc1[N+](=O)[O-].CS(=O)(=O)c1cc(Cl)ccc1C(=O)c1cnoc1C1CC1.C[S+](C)C.O=C(O)CNCP(=O)([O-])O. The molecule has 3 aromatic carbocycles. The van der Waals surface area contributed by atoms with Gasteiger partial charge < -0.3 is 33.5 Å². The van der Waals surface area contributed by atoms with Crippen LogP contribution in [0.5, 0.6) is 17.2 Å². The van der Waals surface area contributed by atoms with E-state index in [9.17, 15) is 50.8 Å². The Bertz CT molecular complexity index is 2250. The highest BCUT2D eigenvalue weighted by Crippen LogP contribution is 2.42. The van der Waals surface area contributed by atoms with E-state index >= 15 is 0 Å². The maximum atomic E-state index is 12.6. The third-order valence-electron chi connectivity index (χ3n) is 6.88. The monoisotopic (exact) mass is 931 g/mol. The molecule has 1 atom stereocenters. The average Bonchev–Trinajstić information content (AvgIpc) is 3.83. The van der Waals surface area contributed by atoms with Crippen molar-refractivity contribution in [3.8, 4) is 17.2 Å². The van der Waals surface area contributed by atoms with Crippen LogP contribution < -0.4 is 19.7 Å². The van der Waals surface area contributed by atoms with Crippen LogP contribution in [0, 0.1) is 10.1 Å². The van der Waals surface area contributed by atoms with Gasteiger partial charge in [0.2, 0.25) is 5.75 Å². The normalized spacial score (nSPS) is 13.3. The molecule has 5 rings (SSSR count). The van der Waals surface area contributed by atoms with Gasteiger partial charge in [0.25, 0.3) is 0 Å². The number of carbonyl (C=O) groups is 2. The van der Waals surface area contributed by atoms with Crippen molar-refractivity contribution in [1.82, 2.24) is 10.5 Å². The lowest BCUT2D eigenvalue weighted by atomic mass is 10.0. The molecule has 0 spiro atoms. The number of halogens is 5. The van der Waals surface area contributed by atoms with Crippen LogP contribution in [0.1, 0.15) is 52.9 Å². The molecule has 1 unspecified atom stereocenters. The number of rotatable bonds is 13. The molecule has 1 fully saturated rings. The van der Waals surface area contributed by atoms with Crippen molar-refractivity contribution in [3.05, 3.63) is 103 Å². The van der Waals surface area contributed by atoms with Gasteiger partial charge in [-0.15, -0.1) is 0 Å². The number of ether oxygens (including phenoxy) is 2. The van der Waals surface area contributed by atoms with E-state index in [0.717, 1.165) is 37.3 Å². The molecule has 59 heavy (non-hydrogen) atoms. The molecule has 16 nitrogen and oxygen atoms in total. The van der Waals surface area contributed by atoms with Gasteiger partial charge in [-0.3, -0.25) is 25.0 Å². The molecular formula is C35H39Cl2F3N3O13PS2. The van der Waals surface area contributed by atoms with Gasteiger partial charge in [0, 0.05) is 34.9 Å². The van der Waals surface area contributed by atoms with Crippen molar-refractivity contribution in [2.45, 2.75) is 36.8 Å². The van der Waals surface area contributed by atoms with Crippen molar-refractivity contribution in [3.63, 3.8) is 0 Å². The molecule has 1 aliphatic carbocycles. The first kappa shape index (κ1) is 50.9. The number of aliphatic carboxylic acids is 1. The number of nitrogens with one attached hydrogen (secondary N) is 1. The minimum Gasteiger partial charge on any atom is -0.778 e. The zero-order chi connectivity index (χ0) is 44.9. The van der Waals surface area contributed by atoms with E-state index in [2.05, 4.69) is 23.9 Å². The van der Waals surface area contributed by atoms with Crippen molar-refractivity contribution < 1.29 is 69.6 Å². The fourth-order valence-corrected chi connectivity index (χ4v) is 6.12. The molecule has 1 saturated carbocycles. The molecule has 3 N–H and O–H groups in total. The van der Waals surface area contributed by atoms with Crippen LogP contribution in [0.2, 0.25) is 10.0 Å². The predicted molar refractivity (Wildman–Crippen MR) is 213 cm³/mol. The molecule has 0 amide bonds. The summed E-state index contributed by atoms with van der Waals surface area (Å²) in [6.45, 7) is 1.38. The topological polar surface area (TPSA) is 249 Å². The number of nitro groups is 1. The summed E-state index contributed by atoms with van der Waals surface area (Å²) in [4.78, 5) is 50.6. The first-order valence-corrected chi connectivity index (χ1v) is 23.5. The highest BCUT2D eigenvalue weighted by molar-refractivity contribution is 7.94. The Balaban J connectivity index is 0.000000312. The second kappa shape index (κ2) is 22.4. The summed E-state index contributed by atoms with van der Waals surface area (Å²) in [7, 11) is -7.27. The summed E-state index contributed by atoms with van der Waals surface area (Å²) in [5.74, 6) is -0.715. The number of ketones is 1. The largest absolute Gasteiger partial charge is 0.778 e. The van der Waals surface area contributed by atoms with Gasteiger partial charge in [-0.1, -0.05) is 28.4 Å². The fourth-order valence-electron chi connectivity index (χ4n) is 4.37. The summed E-state index contributed by atoms with van der Waals surface area (Å²) in [5.41, 5.74) is -0.738. The molecule has 0 aliphatic heterocycles. The van der Waals surface area contributed by atoms with Crippen LogP contribution in [0.4, 0.5) is 18.9 Å². The molecule has 1 aromatic heterocycles. The second-order valence-corrected chi connectivity index (χ2v) is 19.4. The van der Waals surface area contributed by atoms with Gasteiger partial charge >= 0.3 is 17.8 Å². The van der Waals surface area contributed by atoms with Gasteiger partial charge in [0.05, 0.1) is 70.4 Å². The zero-order valence-electron chi connectivity index (χ0n) is 31.8. The lowest BCUT2D eigenvalue weighted by Crippen LogP contribution is -2.25. The number of carbonyl (C=O) groups excluding carboxylic acids is 1. The number of benzene rings is 3. The Morgan fingerprint density at radius 1 is 1.07 bits per heavy atom. The third kappa shape index (κ3) is 17.9. The van der Waals surface area contributed by atoms with Gasteiger partial charge in [0.1, 0.15) is 19.1 Å². The lowest BCUT2D eigenvalue weighted by molar-refractivity contribution is -0.385. The Morgan fingerprint density at radius 3 is 2.19 bits per heavy atom. The average molecular weight is 933 g/mol. The maximum absolute atomic E-state index is 12.6. The summed E-state index contributed by atoms with van der Waals surface area (Å²) in [5, 5.41) is 24.6. The van der Waals surface area contributed by atoms with Crippen molar-refractivity contribution in [2.24, 2.45) is 0 Å². The molecule has 0 bridgehead atoms. The van der Waals surface area contributed by atoms with Crippen LogP contribution in [0.25, 0.3) is 0 Å². The van der Waals surface area contributed by atoms with E-state index in [4.69, 9.17) is 47.2 Å². The smallest absolute Gasteiger partial charge is 0.416 e. The van der Waals surface area contributed by atoms with Crippen LogP contribution >= 0.6 is 30.8 Å². The van der Waals surface area contributed by atoms with Crippen molar-refractivity contribution in [1.29, 1.82) is 0 Å². The number of hydrogen-bond acceptors (Lipinski definition) is 13. The number of nitro benzene ring substituents is 1. The second-order valence-electron chi connectivity index (χ2n) is 12.5. The highest BCUT2D eigenvalue weighted by Gasteiger charge is 2.34. The van der Waals surface area contributed by atoms with E-state index in [-0.39, 0.29) is 56.0 Å². The number of aromatic nitrogens is 1. The Labute approximate surface area is 349 Å². The van der Waals surface area contributed by atoms with Gasteiger partial charge in [-0.25, -0.2) is 8.42 Å². The standard InChI is InChI=1S/C15H11ClF3NO4.C14H12ClNO4S.C3H8NO5P.C3H9S/c1-2-23-14-8-10(4-5-12(14)20(21)22)24-13-6-3-9(7-11(13)16)15(17,18)19;1-21(18,19)12-6-9(15)4-5-10(12)13(17)11-7-16-20-14(11)8-2-3-8;5-3(6)1-4-2-10(7,8)9;1-4(2)3/h3-8H,2H2,1H3;4-8H,2-3H2,1H3;4H,1-2H2,(H,5,6)(H2,7,8,9);1-3H3/q;;;+1/p-1. The lowest BCUT2D eigenvalue weighted by Gasteiger charge is -2.14. The number of nitrogens with zero attached hydrogens (tertiary/aromatic N) is 2. The van der Waals surface area contributed by atoms with E-state index < -0.39 is 58.7 Å². The maximum Gasteiger partial charge on any atom is 0.416 e. The summed E-state index contributed by atoms with van der Waals surface area (Å²) >= 11 is 11.6. The Hall–Kier alpha value is -4.21. The first-order chi connectivity index (χ1) is 27.2. The Morgan fingerprint density at radius 2 is 1.69 bits per heavy atom. The van der Waals surface area contributed by atoms with E-state index in [1.807, 2.05) is 5.32 Å². The fraction of sp³-hybridized carbons (Fsp3) is 0.343. The summed E-state index contributed by atoms with van der Waals surface area (Å²) in [6.07, 6.45) is 5.66.